The third kappa shape index (κ3) is 2.08. The van der Waals surface area contributed by atoms with Gasteiger partial charge in [-0.3, -0.25) is 4.98 Å². The molecule has 0 atom stereocenters. The Labute approximate surface area is 102 Å². The lowest BCUT2D eigenvalue weighted by Crippen LogP contribution is -2.10. The topological polar surface area (TPSA) is 56.7 Å². The number of pyridine rings is 1. The van der Waals surface area contributed by atoms with Crippen molar-refractivity contribution in [2.45, 2.75) is 33.7 Å². The van der Waals surface area contributed by atoms with Crippen LogP contribution in [0.4, 0.5) is 0 Å². The number of aromatic nitrogens is 3. The molecule has 0 radical (unpaired) electrons. The van der Waals surface area contributed by atoms with Gasteiger partial charge >= 0.3 is 0 Å². The number of hydrogen-bond acceptors (Lipinski definition) is 3. The number of nitrogens with zero attached hydrogens (tertiary/aromatic N) is 3. The fourth-order valence-corrected chi connectivity index (χ4v) is 2.12. The minimum atomic E-state index is 0.496. The van der Waals surface area contributed by atoms with Crippen LogP contribution in [0.1, 0.15) is 29.7 Å². The molecule has 17 heavy (non-hydrogen) atoms. The fourth-order valence-electron chi connectivity index (χ4n) is 2.12. The molecule has 0 aliphatic heterocycles. The van der Waals surface area contributed by atoms with Crippen LogP contribution in [0.3, 0.4) is 0 Å². The lowest BCUT2D eigenvalue weighted by Gasteiger charge is -2.14. The predicted octanol–water partition coefficient (Wildman–Crippen LogP) is 1.91. The highest BCUT2D eigenvalue weighted by Gasteiger charge is 2.11. The smallest absolute Gasteiger partial charge is 0.112 e. The highest BCUT2D eigenvalue weighted by Crippen LogP contribution is 2.20. The van der Waals surface area contributed by atoms with Gasteiger partial charge in [-0.15, -0.1) is 0 Å². The summed E-state index contributed by atoms with van der Waals surface area (Å²) in [4.78, 5) is 8.80. The van der Waals surface area contributed by atoms with Gasteiger partial charge in [0.05, 0.1) is 5.69 Å². The zero-order valence-electron chi connectivity index (χ0n) is 10.6. The number of aryl methyl sites for hydroxylation is 3. The zero-order chi connectivity index (χ0) is 12.4. The number of rotatable bonds is 3. The molecule has 0 saturated carbocycles. The Kier molecular flexibility index (Phi) is 3.24. The summed E-state index contributed by atoms with van der Waals surface area (Å²) in [6, 6.07) is 2.07. The average Bonchev–Trinajstić information content (AvgIpc) is 2.75. The van der Waals surface area contributed by atoms with Crippen LogP contribution >= 0.6 is 0 Å². The Balaban J connectivity index is 2.66. The molecule has 0 bridgehead atoms. The Hall–Kier alpha value is -1.68. The van der Waals surface area contributed by atoms with E-state index in [1.807, 2.05) is 26.2 Å². The van der Waals surface area contributed by atoms with E-state index in [1.54, 1.807) is 0 Å². The standard InChI is InChI=1S/C13H18N4/c1-4-13-15-5-6-17(13)12-7-9(2)16-10(3)11(12)8-14/h5-7H,4,8,14H2,1-3H3. The Morgan fingerprint density at radius 1 is 1.35 bits per heavy atom. The van der Waals surface area contributed by atoms with Gasteiger partial charge in [-0.2, -0.15) is 0 Å². The maximum absolute atomic E-state index is 5.83. The van der Waals surface area contributed by atoms with Crippen molar-refractivity contribution in [3.05, 3.63) is 41.2 Å². The molecule has 0 aliphatic rings. The molecule has 0 spiro atoms. The second-order valence-electron chi connectivity index (χ2n) is 4.12. The number of nitrogens with two attached hydrogens (primary N) is 1. The molecule has 0 saturated heterocycles. The molecule has 0 aromatic carbocycles. The quantitative estimate of drug-likeness (QED) is 0.876. The van der Waals surface area contributed by atoms with Crippen molar-refractivity contribution in [2.75, 3.05) is 0 Å². The minimum absolute atomic E-state index is 0.496. The SMILES string of the molecule is CCc1nccn1-c1cc(C)nc(C)c1CN. The molecule has 0 amide bonds. The first-order valence-corrected chi connectivity index (χ1v) is 5.87. The van der Waals surface area contributed by atoms with E-state index in [0.29, 0.717) is 6.54 Å². The first-order chi connectivity index (χ1) is 8.17. The maximum atomic E-state index is 5.83. The van der Waals surface area contributed by atoms with Gasteiger partial charge in [0.1, 0.15) is 5.82 Å². The van der Waals surface area contributed by atoms with Crippen LogP contribution in [-0.2, 0) is 13.0 Å². The molecule has 90 valence electrons. The van der Waals surface area contributed by atoms with Crippen molar-refractivity contribution in [1.82, 2.24) is 14.5 Å². The molecule has 2 aromatic rings. The first-order valence-electron chi connectivity index (χ1n) is 5.87. The van der Waals surface area contributed by atoms with Gasteiger partial charge in [0, 0.05) is 42.3 Å². The molecule has 0 fully saturated rings. The van der Waals surface area contributed by atoms with Crippen LogP contribution < -0.4 is 5.73 Å². The lowest BCUT2D eigenvalue weighted by molar-refractivity contribution is 0.860. The second-order valence-corrected chi connectivity index (χ2v) is 4.12. The molecule has 2 rings (SSSR count). The van der Waals surface area contributed by atoms with Crippen molar-refractivity contribution < 1.29 is 0 Å². The van der Waals surface area contributed by atoms with Crippen LogP contribution in [0.5, 0.6) is 0 Å². The summed E-state index contributed by atoms with van der Waals surface area (Å²) in [6.07, 6.45) is 4.70. The fraction of sp³-hybridized carbons (Fsp3) is 0.385. The molecule has 0 unspecified atom stereocenters. The van der Waals surface area contributed by atoms with Gasteiger partial charge in [-0.1, -0.05) is 6.92 Å². The van der Waals surface area contributed by atoms with E-state index in [9.17, 15) is 0 Å². The van der Waals surface area contributed by atoms with Gasteiger partial charge in [-0.25, -0.2) is 4.98 Å². The molecule has 2 N–H and O–H groups in total. The molecular formula is C13H18N4. The van der Waals surface area contributed by atoms with E-state index in [-0.39, 0.29) is 0 Å². The van der Waals surface area contributed by atoms with E-state index in [1.165, 1.54) is 0 Å². The summed E-state index contributed by atoms with van der Waals surface area (Å²) < 4.78 is 2.10. The van der Waals surface area contributed by atoms with Crippen molar-refractivity contribution >= 4 is 0 Å². The summed E-state index contributed by atoms with van der Waals surface area (Å²) in [6.45, 7) is 6.60. The number of imidazole rings is 1. The van der Waals surface area contributed by atoms with Crippen molar-refractivity contribution in [2.24, 2.45) is 5.73 Å². The highest BCUT2D eigenvalue weighted by atomic mass is 15.1. The molecule has 2 aromatic heterocycles. The van der Waals surface area contributed by atoms with E-state index in [0.717, 1.165) is 34.9 Å². The highest BCUT2D eigenvalue weighted by molar-refractivity contribution is 5.45. The summed E-state index contributed by atoms with van der Waals surface area (Å²) in [7, 11) is 0. The summed E-state index contributed by atoms with van der Waals surface area (Å²) in [5.41, 5.74) is 10.0. The van der Waals surface area contributed by atoms with E-state index in [2.05, 4.69) is 27.5 Å². The van der Waals surface area contributed by atoms with Crippen LogP contribution in [-0.4, -0.2) is 14.5 Å². The van der Waals surface area contributed by atoms with E-state index < -0.39 is 0 Å². The first kappa shape index (κ1) is 11.8. The van der Waals surface area contributed by atoms with Crippen LogP contribution in [0.2, 0.25) is 0 Å². The van der Waals surface area contributed by atoms with Crippen molar-refractivity contribution in [3.63, 3.8) is 0 Å². The lowest BCUT2D eigenvalue weighted by atomic mass is 10.1. The van der Waals surface area contributed by atoms with Gasteiger partial charge in [0.25, 0.3) is 0 Å². The maximum Gasteiger partial charge on any atom is 0.112 e. The molecule has 4 nitrogen and oxygen atoms in total. The summed E-state index contributed by atoms with van der Waals surface area (Å²) in [5, 5.41) is 0. The molecular weight excluding hydrogens is 212 g/mol. The van der Waals surface area contributed by atoms with Gasteiger partial charge in [0.2, 0.25) is 0 Å². The normalized spacial score (nSPS) is 10.8. The van der Waals surface area contributed by atoms with Crippen LogP contribution in [0.15, 0.2) is 18.5 Å². The monoisotopic (exact) mass is 230 g/mol. The Bertz CT molecular complexity index is 528. The van der Waals surface area contributed by atoms with Gasteiger partial charge in [0.15, 0.2) is 0 Å². The summed E-state index contributed by atoms with van der Waals surface area (Å²) >= 11 is 0. The predicted molar refractivity (Wildman–Crippen MR) is 68.1 cm³/mol. The van der Waals surface area contributed by atoms with Gasteiger partial charge in [-0.05, 0) is 19.9 Å². The van der Waals surface area contributed by atoms with E-state index >= 15 is 0 Å². The molecule has 2 heterocycles. The third-order valence-electron chi connectivity index (χ3n) is 2.93. The largest absolute Gasteiger partial charge is 0.326 e. The van der Waals surface area contributed by atoms with E-state index in [4.69, 9.17) is 5.73 Å². The summed E-state index contributed by atoms with van der Waals surface area (Å²) in [5.74, 6) is 1.05. The second kappa shape index (κ2) is 4.67. The van der Waals surface area contributed by atoms with Crippen LogP contribution in [0, 0.1) is 13.8 Å². The third-order valence-corrected chi connectivity index (χ3v) is 2.93. The number of hydrogen-bond donors (Lipinski definition) is 1. The minimum Gasteiger partial charge on any atom is -0.326 e. The molecule has 0 aliphatic carbocycles. The van der Waals surface area contributed by atoms with Crippen molar-refractivity contribution in [1.29, 1.82) is 0 Å². The van der Waals surface area contributed by atoms with Gasteiger partial charge < -0.3 is 10.3 Å². The zero-order valence-corrected chi connectivity index (χ0v) is 10.6. The molecule has 4 heteroatoms. The Morgan fingerprint density at radius 2 is 2.12 bits per heavy atom. The van der Waals surface area contributed by atoms with Crippen LogP contribution in [0.25, 0.3) is 5.69 Å². The van der Waals surface area contributed by atoms with Crippen molar-refractivity contribution in [3.8, 4) is 5.69 Å². The average molecular weight is 230 g/mol. The Morgan fingerprint density at radius 3 is 2.76 bits per heavy atom.